The van der Waals surface area contributed by atoms with Crippen molar-refractivity contribution >= 4 is 23.5 Å². The zero-order chi connectivity index (χ0) is 21.3. The highest BCUT2D eigenvalue weighted by Crippen LogP contribution is 2.57. The fourth-order valence-corrected chi connectivity index (χ4v) is 5.94. The summed E-state index contributed by atoms with van der Waals surface area (Å²) < 4.78 is 11.3. The van der Waals surface area contributed by atoms with Gasteiger partial charge in [-0.15, -0.1) is 0 Å². The number of likely N-dealkylation sites (tertiary alicyclic amines) is 1. The Morgan fingerprint density at radius 2 is 1.97 bits per heavy atom. The number of amides is 3. The first-order valence-electron chi connectivity index (χ1n) is 11.2. The molecule has 2 bridgehead atoms. The van der Waals surface area contributed by atoms with E-state index in [0.29, 0.717) is 11.6 Å². The van der Waals surface area contributed by atoms with Gasteiger partial charge in [-0.1, -0.05) is 30.2 Å². The van der Waals surface area contributed by atoms with Crippen molar-refractivity contribution in [3.05, 3.63) is 24.0 Å². The molecule has 2 saturated carbocycles. The summed E-state index contributed by atoms with van der Waals surface area (Å²) in [5.74, 6) is -1.18. The van der Waals surface area contributed by atoms with Crippen LogP contribution in [-0.4, -0.2) is 57.6 Å². The van der Waals surface area contributed by atoms with Gasteiger partial charge >= 0.3 is 0 Å². The molecule has 6 rings (SSSR count). The number of hydrogen-bond acceptors (Lipinski definition) is 6. The third-order valence-corrected chi connectivity index (χ3v) is 7.38. The number of aryl methyl sites for hydroxylation is 1. The van der Waals surface area contributed by atoms with Crippen LogP contribution in [0.2, 0.25) is 0 Å². The molecule has 2 N–H and O–H groups in total. The maximum Gasteiger partial charge on any atom is 0.246 e. The fraction of sp³-hybridized carbons (Fsp3) is 0.636. The summed E-state index contributed by atoms with van der Waals surface area (Å²) in [6.45, 7) is 1.74. The lowest BCUT2D eigenvalue weighted by molar-refractivity contribution is -0.142. The van der Waals surface area contributed by atoms with Crippen molar-refractivity contribution in [3.8, 4) is 0 Å². The summed E-state index contributed by atoms with van der Waals surface area (Å²) in [4.78, 5) is 41.9. The predicted molar refractivity (Wildman–Crippen MR) is 108 cm³/mol. The predicted octanol–water partition coefficient (Wildman–Crippen LogP) is 1.29. The van der Waals surface area contributed by atoms with Gasteiger partial charge in [-0.25, -0.2) is 0 Å². The van der Waals surface area contributed by atoms with Gasteiger partial charge in [0.1, 0.15) is 17.4 Å². The Kier molecular flexibility index (Phi) is 4.09. The minimum atomic E-state index is -1.09. The van der Waals surface area contributed by atoms with Crippen LogP contribution in [0.1, 0.15) is 44.3 Å². The lowest BCUT2D eigenvalue weighted by Gasteiger charge is -2.33. The molecule has 164 valence electrons. The van der Waals surface area contributed by atoms with E-state index in [2.05, 4.69) is 15.8 Å². The second-order valence-electron chi connectivity index (χ2n) is 9.48. The zero-order valence-electron chi connectivity index (χ0n) is 17.4. The minimum absolute atomic E-state index is 0.0461. The van der Waals surface area contributed by atoms with Crippen LogP contribution in [0.25, 0.3) is 0 Å². The molecule has 2 saturated heterocycles. The van der Waals surface area contributed by atoms with Crippen LogP contribution >= 0.6 is 0 Å². The lowest BCUT2D eigenvalue weighted by atomic mass is 9.74. The first kappa shape index (κ1) is 19.0. The highest BCUT2D eigenvalue weighted by molar-refractivity contribution is 6.02. The van der Waals surface area contributed by atoms with E-state index in [9.17, 15) is 14.4 Å². The number of ether oxygens (including phenoxy) is 1. The molecule has 31 heavy (non-hydrogen) atoms. The molecule has 0 unspecified atom stereocenters. The topological polar surface area (TPSA) is 114 Å². The van der Waals surface area contributed by atoms with Crippen molar-refractivity contribution in [3.63, 3.8) is 0 Å². The maximum absolute atomic E-state index is 13.6. The van der Waals surface area contributed by atoms with Gasteiger partial charge in [0.2, 0.25) is 17.7 Å². The summed E-state index contributed by atoms with van der Waals surface area (Å²) in [6.07, 6.45) is 9.05. The number of nitrogens with one attached hydrogen (secondary N) is 2. The Morgan fingerprint density at radius 3 is 2.65 bits per heavy atom. The molecule has 4 heterocycles. The van der Waals surface area contributed by atoms with Crippen LogP contribution in [0, 0.1) is 18.8 Å². The van der Waals surface area contributed by atoms with E-state index in [1.54, 1.807) is 17.9 Å². The Balaban J connectivity index is 1.31. The van der Waals surface area contributed by atoms with E-state index < -0.39 is 29.6 Å². The van der Waals surface area contributed by atoms with Gasteiger partial charge in [-0.2, -0.15) is 0 Å². The van der Waals surface area contributed by atoms with Gasteiger partial charge in [-0.05, 0) is 32.6 Å². The molecule has 4 fully saturated rings. The Bertz CT molecular complexity index is 978. The van der Waals surface area contributed by atoms with Gasteiger partial charge in [0, 0.05) is 18.2 Å². The van der Waals surface area contributed by atoms with E-state index in [0.717, 1.165) is 38.5 Å². The molecule has 9 heteroatoms. The van der Waals surface area contributed by atoms with E-state index in [1.807, 2.05) is 12.2 Å². The Labute approximate surface area is 179 Å². The smallest absolute Gasteiger partial charge is 0.246 e. The Morgan fingerprint density at radius 1 is 1.19 bits per heavy atom. The summed E-state index contributed by atoms with van der Waals surface area (Å²) in [6, 6.07) is 1.09. The van der Waals surface area contributed by atoms with Crippen molar-refractivity contribution in [1.29, 1.82) is 0 Å². The number of rotatable bonds is 5. The van der Waals surface area contributed by atoms with Gasteiger partial charge in [0.05, 0.1) is 17.9 Å². The van der Waals surface area contributed by atoms with Crippen LogP contribution in [0.15, 0.2) is 22.7 Å². The van der Waals surface area contributed by atoms with E-state index in [1.165, 1.54) is 0 Å². The molecule has 1 aromatic rings. The molecular weight excluding hydrogens is 400 g/mol. The van der Waals surface area contributed by atoms with Crippen LogP contribution in [-0.2, 0) is 19.1 Å². The monoisotopic (exact) mass is 426 g/mol. The van der Waals surface area contributed by atoms with Crippen molar-refractivity contribution in [2.24, 2.45) is 11.8 Å². The van der Waals surface area contributed by atoms with Crippen molar-refractivity contribution < 1.29 is 23.6 Å². The van der Waals surface area contributed by atoms with Crippen molar-refractivity contribution in [2.45, 2.75) is 75.3 Å². The molecule has 1 aromatic heterocycles. The van der Waals surface area contributed by atoms with Crippen LogP contribution in [0.5, 0.6) is 0 Å². The van der Waals surface area contributed by atoms with E-state index in [4.69, 9.17) is 9.26 Å². The standard InChI is InChI=1S/C22H26N4O5/c1-11-10-15(25-31-11)24-19(27)16-14-8-9-22(30-14)17(16)21(29)26(13-6-7-13)18(22)20(28)23-12-4-2-3-5-12/h8-10,12-14,16-18H,2-7H2,1H3,(H,23,28)(H,24,25,27)/t14-,16+,17-,18+,22-/m0/s1. The molecule has 5 aliphatic rings. The normalized spacial score (nSPS) is 36.3. The van der Waals surface area contributed by atoms with Gasteiger partial charge in [0.15, 0.2) is 5.82 Å². The minimum Gasteiger partial charge on any atom is -0.360 e. The summed E-state index contributed by atoms with van der Waals surface area (Å²) >= 11 is 0. The third kappa shape index (κ3) is 2.78. The number of nitrogens with zero attached hydrogens (tertiary/aromatic N) is 2. The summed E-state index contributed by atoms with van der Waals surface area (Å²) in [5.41, 5.74) is -1.09. The number of carbonyl (C=O) groups is 3. The van der Waals surface area contributed by atoms with Gasteiger partial charge in [-0.3, -0.25) is 14.4 Å². The quantitative estimate of drug-likeness (QED) is 0.686. The second-order valence-corrected chi connectivity index (χ2v) is 9.48. The van der Waals surface area contributed by atoms with Crippen LogP contribution in [0.4, 0.5) is 5.82 Å². The van der Waals surface area contributed by atoms with Gasteiger partial charge < -0.3 is 24.8 Å². The number of carbonyl (C=O) groups excluding carboxylic acids is 3. The fourth-order valence-electron chi connectivity index (χ4n) is 5.94. The zero-order valence-corrected chi connectivity index (χ0v) is 17.4. The average molecular weight is 426 g/mol. The highest BCUT2D eigenvalue weighted by Gasteiger charge is 2.74. The molecule has 9 nitrogen and oxygen atoms in total. The van der Waals surface area contributed by atoms with Crippen LogP contribution in [0.3, 0.4) is 0 Å². The van der Waals surface area contributed by atoms with Crippen LogP contribution < -0.4 is 10.6 Å². The molecule has 0 aromatic carbocycles. The molecule has 0 radical (unpaired) electrons. The Hall–Kier alpha value is -2.68. The first-order chi connectivity index (χ1) is 15.0. The number of aromatic nitrogens is 1. The van der Waals surface area contributed by atoms with Crippen molar-refractivity contribution in [2.75, 3.05) is 5.32 Å². The largest absolute Gasteiger partial charge is 0.360 e. The summed E-state index contributed by atoms with van der Waals surface area (Å²) in [7, 11) is 0. The van der Waals surface area contributed by atoms with E-state index in [-0.39, 0.29) is 29.8 Å². The average Bonchev–Trinajstić information content (AvgIpc) is 3.14. The van der Waals surface area contributed by atoms with E-state index >= 15 is 0 Å². The second kappa shape index (κ2) is 6.66. The molecule has 1 spiro atoms. The number of anilines is 1. The number of fused-ring (bicyclic) bond motifs is 1. The first-order valence-corrected chi connectivity index (χ1v) is 11.2. The summed E-state index contributed by atoms with van der Waals surface area (Å²) in [5, 5.41) is 9.73. The van der Waals surface area contributed by atoms with Crippen molar-refractivity contribution in [1.82, 2.24) is 15.4 Å². The highest BCUT2D eigenvalue weighted by atomic mass is 16.5. The molecular formula is C22H26N4O5. The third-order valence-electron chi connectivity index (χ3n) is 7.38. The SMILES string of the molecule is Cc1cc(NC(=O)[C@@H]2[C@@H]3C=C[C@]4(O3)[C@@H]2C(=O)N(C2CC2)[C@@H]4C(=O)NC2CCCC2)no1. The molecule has 3 aliphatic heterocycles. The molecule has 3 amide bonds. The molecule has 2 aliphatic carbocycles. The lowest BCUT2D eigenvalue weighted by Crippen LogP contribution is -2.56. The number of hydrogen-bond donors (Lipinski definition) is 2. The molecule has 5 atom stereocenters. The van der Waals surface area contributed by atoms with Gasteiger partial charge in [0.25, 0.3) is 0 Å². The maximum atomic E-state index is 13.6.